The van der Waals surface area contributed by atoms with Crippen LogP contribution in [0.1, 0.15) is 16.7 Å². The largest absolute Gasteiger partial charge is 0.471 e. The summed E-state index contributed by atoms with van der Waals surface area (Å²) in [6.07, 6.45) is 0. The van der Waals surface area contributed by atoms with Gasteiger partial charge in [-0.15, -0.1) is 0 Å². The van der Waals surface area contributed by atoms with Gasteiger partial charge in [0.25, 0.3) is 0 Å². The van der Waals surface area contributed by atoms with E-state index >= 15 is 0 Å². The summed E-state index contributed by atoms with van der Waals surface area (Å²) in [5.74, 6) is 0.581. The molecule has 30 heavy (non-hydrogen) atoms. The lowest BCUT2D eigenvalue weighted by molar-refractivity contribution is 0.289. The zero-order valence-corrected chi connectivity index (χ0v) is 17.5. The smallest absolute Gasteiger partial charge is 0.336 e. The van der Waals surface area contributed by atoms with Gasteiger partial charge in [0.1, 0.15) is 11.3 Å². The molecule has 150 valence electrons. The average molecular weight is 418 g/mol. The van der Waals surface area contributed by atoms with Crippen LogP contribution in [0.4, 0.5) is 5.69 Å². The number of nitrogens with zero attached hydrogens (tertiary/aromatic N) is 1. The highest BCUT2D eigenvalue weighted by Gasteiger charge is 2.26. The molecule has 1 aromatic heterocycles. The van der Waals surface area contributed by atoms with E-state index in [0.29, 0.717) is 29.6 Å². The lowest BCUT2D eigenvalue weighted by Gasteiger charge is -2.32. The van der Waals surface area contributed by atoms with Crippen LogP contribution in [0.5, 0.6) is 5.75 Å². The second-order valence-corrected chi connectivity index (χ2v) is 8.04. The first-order valence-electron chi connectivity index (χ1n) is 9.81. The van der Waals surface area contributed by atoms with E-state index in [0.717, 1.165) is 27.8 Å². The van der Waals surface area contributed by atoms with Crippen LogP contribution in [-0.4, -0.2) is 6.73 Å². The third-order valence-corrected chi connectivity index (χ3v) is 5.97. The van der Waals surface area contributed by atoms with Gasteiger partial charge in [0.05, 0.1) is 17.1 Å². The molecular weight excluding hydrogens is 398 g/mol. The molecule has 0 saturated heterocycles. The Morgan fingerprint density at radius 1 is 0.967 bits per heavy atom. The second kappa shape index (κ2) is 7.22. The number of hydrogen-bond acceptors (Lipinski definition) is 4. The van der Waals surface area contributed by atoms with Crippen LogP contribution in [-0.2, 0) is 6.54 Å². The Kier molecular flexibility index (Phi) is 4.52. The molecule has 0 N–H and O–H groups in total. The highest BCUT2D eigenvalue weighted by molar-refractivity contribution is 6.33. The predicted octanol–water partition coefficient (Wildman–Crippen LogP) is 6.09. The molecule has 1 aliphatic heterocycles. The molecule has 5 rings (SSSR count). The third kappa shape index (κ3) is 3.14. The van der Waals surface area contributed by atoms with Crippen LogP contribution >= 0.6 is 11.6 Å². The van der Waals surface area contributed by atoms with Crippen LogP contribution in [0.3, 0.4) is 0 Å². The molecule has 0 bridgehead atoms. The van der Waals surface area contributed by atoms with Crippen LogP contribution < -0.4 is 15.3 Å². The summed E-state index contributed by atoms with van der Waals surface area (Å²) in [6.45, 7) is 5.10. The van der Waals surface area contributed by atoms with Gasteiger partial charge in [-0.05, 0) is 54.3 Å². The van der Waals surface area contributed by atoms with Gasteiger partial charge < -0.3 is 14.1 Å². The van der Waals surface area contributed by atoms with Gasteiger partial charge in [0.15, 0.2) is 6.73 Å². The molecule has 0 amide bonds. The van der Waals surface area contributed by atoms with E-state index in [2.05, 4.69) is 36.9 Å². The van der Waals surface area contributed by atoms with Gasteiger partial charge in [0.2, 0.25) is 0 Å². The molecule has 0 unspecified atom stereocenters. The fourth-order valence-corrected chi connectivity index (χ4v) is 4.21. The summed E-state index contributed by atoms with van der Waals surface area (Å²) in [5.41, 5.74) is 6.17. The SMILES string of the molecule is Cc1ccc(N2COc3c(Cl)cc4c(-c5ccccc5)cc(=O)oc4c3C2)cc1C. The van der Waals surface area contributed by atoms with E-state index in [1.54, 1.807) is 0 Å². The van der Waals surface area contributed by atoms with Crippen molar-refractivity contribution in [1.82, 2.24) is 0 Å². The molecule has 0 fully saturated rings. The van der Waals surface area contributed by atoms with Gasteiger partial charge in [0, 0.05) is 17.1 Å². The van der Waals surface area contributed by atoms with Gasteiger partial charge in [-0.2, -0.15) is 0 Å². The molecule has 4 nitrogen and oxygen atoms in total. The van der Waals surface area contributed by atoms with Crippen molar-refractivity contribution in [3.05, 3.63) is 92.8 Å². The fraction of sp³-hybridized carbons (Fsp3) is 0.160. The molecule has 1 aliphatic rings. The van der Waals surface area contributed by atoms with Crippen molar-refractivity contribution in [1.29, 1.82) is 0 Å². The topological polar surface area (TPSA) is 42.7 Å². The first-order chi connectivity index (χ1) is 14.5. The maximum absolute atomic E-state index is 12.4. The number of aryl methyl sites for hydroxylation is 2. The lowest BCUT2D eigenvalue weighted by atomic mass is 9.99. The number of hydrogen-bond donors (Lipinski definition) is 0. The Morgan fingerprint density at radius 2 is 1.77 bits per heavy atom. The molecular formula is C25H20ClNO3. The monoisotopic (exact) mass is 417 g/mol. The van der Waals surface area contributed by atoms with Crippen LogP contribution in [0.25, 0.3) is 22.1 Å². The van der Waals surface area contributed by atoms with Crippen molar-refractivity contribution < 1.29 is 9.15 Å². The molecule has 0 spiro atoms. The average Bonchev–Trinajstić information content (AvgIpc) is 2.76. The minimum Gasteiger partial charge on any atom is -0.471 e. The number of anilines is 1. The Labute approximate surface area is 179 Å². The predicted molar refractivity (Wildman–Crippen MR) is 121 cm³/mol. The summed E-state index contributed by atoms with van der Waals surface area (Å²) < 4.78 is 11.7. The minimum absolute atomic E-state index is 0.378. The van der Waals surface area contributed by atoms with E-state index in [1.807, 2.05) is 36.4 Å². The van der Waals surface area contributed by atoms with Gasteiger partial charge in [-0.3, -0.25) is 0 Å². The van der Waals surface area contributed by atoms with Gasteiger partial charge >= 0.3 is 5.63 Å². The molecule has 0 aliphatic carbocycles. The van der Waals surface area contributed by atoms with Crippen LogP contribution in [0.2, 0.25) is 5.02 Å². The summed E-state index contributed by atoms with van der Waals surface area (Å²) >= 11 is 6.60. The zero-order valence-electron chi connectivity index (χ0n) is 16.7. The minimum atomic E-state index is -0.394. The number of halogens is 1. The fourth-order valence-electron chi connectivity index (χ4n) is 3.93. The van der Waals surface area contributed by atoms with Crippen molar-refractivity contribution in [3.8, 4) is 16.9 Å². The maximum atomic E-state index is 12.4. The normalized spacial score (nSPS) is 13.2. The van der Waals surface area contributed by atoms with Crippen molar-refractivity contribution in [2.45, 2.75) is 20.4 Å². The Morgan fingerprint density at radius 3 is 2.53 bits per heavy atom. The number of ether oxygens (including phenoxy) is 1. The first kappa shape index (κ1) is 18.8. The van der Waals surface area contributed by atoms with Gasteiger partial charge in [-0.1, -0.05) is 48.0 Å². The summed E-state index contributed by atoms with van der Waals surface area (Å²) in [5, 5.41) is 1.32. The van der Waals surface area contributed by atoms with Crippen LogP contribution in [0, 0.1) is 13.8 Å². The molecule has 3 aromatic carbocycles. The highest BCUT2D eigenvalue weighted by Crippen LogP contribution is 2.42. The number of rotatable bonds is 2. The zero-order chi connectivity index (χ0) is 20.8. The molecule has 5 heteroatoms. The second-order valence-electron chi connectivity index (χ2n) is 7.63. The third-order valence-electron chi connectivity index (χ3n) is 5.69. The van der Waals surface area contributed by atoms with Crippen molar-refractivity contribution in [3.63, 3.8) is 0 Å². The standard InChI is InChI=1S/C25H20ClNO3/c1-15-8-9-18(10-16(15)2)27-13-21-24-20(11-22(26)25(21)29-14-27)19(12-23(28)30-24)17-6-4-3-5-7-17/h3-12H,13-14H2,1-2H3. The van der Waals surface area contributed by atoms with E-state index in [-0.39, 0.29) is 0 Å². The summed E-state index contributed by atoms with van der Waals surface area (Å²) in [7, 11) is 0. The Bertz CT molecular complexity index is 1330. The maximum Gasteiger partial charge on any atom is 0.336 e. The van der Waals surface area contributed by atoms with Crippen molar-refractivity contribution in [2.75, 3.05) is 11.6 Å². The Hall–Kier alpha value is -3.24. The van der Waals surface area contributed by atoms with E-state index in [9.17, 15) is 4.79 Å². The lowest BCUT2D eigenvalue weighted by Crippen LogP contribution is -2.32. The Balaban J connectivity index is 1.69. The van der Waals surface area contributed by atoms with Crippen LogP contribution in [0.15, 0.2) is 69.9 Å². The number of fused-ring (bicyclic) bond motifs is 3. The van der Waals surface area contributed by atoms with Crippen molar-refractivity contribution in [2.24, 2.45) is 0 Å². The molecule has 4 aromatic rings. The summed E-state index contributed by atoms with van der Waals surface area (Å²) in [6, 6.07) is 19.4. The molecule has 2 heterocycles. The number of benzene rings is 3. The first-order valence-corrected chi connectivity index (χ1v) is 10.2. The van der Waals surface area contributed by atoms with E-state index < -0.39 is 5.63 Å². The van der Waals surface area contributed by atoms with Crippen molar-refractivity contribution >= 4 is 28.3 Å². The summed E-state index contributed by atoms with van der Waals surface area (Å²) in [4.78, 5) is 14.5. The molecule has 0 atom stereocenters. The van der Waals surface area contributed by atoms with Gasteiger partial charge in [-0.25, -0.2) is 4.79 Å². The molecule has 0 radical (unpaired) electrons. The van der Waals surface area contributed by atoms with E-state index in [4.69, 9.17) is 20.8 Å². The molecule has 0 saturated carbocycles. The van der Waals surface area contributed by atoms with E-state index in [1.165, 1.54) is 17.2 Å². The quantitative estimate of drug-likeness (QED) is 0.370. The highest BCUT2D eigenvalue weighted by atomic mass is 35.5.